The number of aryl methyl sites for hydroxylation is 1. The van der Waals surface area contributed by atoms with Crippen LogP contribution in [0.5, 0.6) is 0 Å². The number of rotatable bonds is 3. The Hall–Kier alpha value is -2.16. The molecule has 0 aromatic heterocycles. The van der Waals surface area contributed by atoms with E-state index in [1.807, 2.05) is 37.3 Å². The molecule has 0 aliphatic carbocycles. The van der Waals surface area contributed by atoms with Gasteiger partial charge in [-0.25, -0.2) is 0 Å². The summed E-state index contributed by atoms with van der Waals surface area (Å²) in [6.45, 7) is 2.05. The molecule has 0 atom stereocenters. The van der Waals surface area contributed by atoms with Gasteiger partial charge in [-0.05, 0) is 30.0 Å². The number of hydrogen-bond donors (Lipinski definition) is 0. The van der Waals surface area contributed by atoms with Crippen molar-refractivity contribution in [3.8, 4) is 0 Å². The number of benzene rings is 2. The second-order valence-electron chi connectivity index (χ2n) is 4.03. The first-order valence-corrected chi connectivity index (χ1v) is 5.44. The highest BCUT2D eigenvalue weighted by Gasteiger charge is 2.06. The van der Waals surface area contributed by atoms with E-state index in [1.165, 1.54) is 17.2 Å². The van der Waals surface area contributed by atoms with Crippen LogP contribution in [0.4, 0.5) is 5.69 Å². The lowest BCUT2D eigenvalue weighted by atomic mass is 10.0. The molecule has 0 bridgehead atoms. The summed E-state index contributed by atoms with van der Waals surface area (Å²) in [5.74, 6) is 0. The molecule has 0 unspecified atom stereocenters. The summed E-state index contributed by atoms with van der Waals surface area (Å²) in [5.41, 5.74) is 3.52. The van der Waals surface area contributed by atoms with Gasteiger partial charge in [-0.15, -0.1) is 0 Å². The van der Waals surface area contributed by atoms with Gasteiger partial charge in [0.25, 0.3) is 5.69 Å². The Morgan fingerprint density at radius 2 is 1.88 bits per heavy atom. The minimum Gasteiger partial charge on any atom is -0.258 e. The van der Waals surface area contributed by atoms with Gasteiger partial charge in [-0.1, -0.05) is 36.4 Å². The van der Waals surface area contributed by atoms with E-state index in [-0.39, 0.29) is 10.6 Å². The number of non-ortho nitro benzene ring substituents is 1. The van der Waals surface area contributed by atoms with Crippen LogP contribution >= 0.6 is 0 Å². The average molecular weight is 227 g/mol. The second-order valence-corrected chi connectivity index (χ2v) is 4.03. The first kappa shape index (κ1) is 11.3. The van der Waals surface area contributed by atoms with Crippen molar-refractivity contribution < 1.29 is 4.92 Å². The van der Waals surface area contributed by atoms with Gasteiger partial charge in [0.05, 0.1) is 4.92 Å². The molecule has 0 heterocycles. The lowest BCUT2D eigenvalue weighted by Crippen LogP contribution is -1.93. The Balaban J connectivity index is 2.28. The standard InChI is InChI=1S/C14H13NO2/c1-11-5-2-3-7-13(11)9-12-6-4-8-14(10-12)15(16)17/h2-8,10H,9H2,1H3. The Bertz CT molecular complexity index is 549. The van der Waals surface area contributed by atoms with E-state index >= 15 is 0 Å². The zero-order valence-electron chi connectivity index (χ0n) is 9.59. The van der Waals surface area contributed by atoms with Gasteiger partial charge in [0.1, 0.15) is 0 Å². The highest BCUT2D eigenvalue weighted by molar-refractivity contribution is 5.38. The summed E-state index contributed by atoms with van der Waals surface area (Å²) < 4.78 is 0. The summed E-state index contributed by atoms with van der Waals surface area (Å²) >= 11 is 0. The highest BCUT2D eigenvalue weighted by Crippen LogP contribution is 2.18. The maximum absolute atomic E-state index is 10.7. The van der Waals surface area contributed by atoms with Crippen molar-refractivity contribution in [2.45, 2.75) is 13.3 Å². The van der Waals surface area contributed by atoms with Crippen molar-refractivity contribution in [1.29, 1.82) is 0 Å². The predicted octanol–water partition coefficient (Wildman–Crippen LogP) is 3.49. The third-order valence-corrected chi connectivity index (χ3v) is 2.78. The molecule has 3 nitrogen and oxygen atoms in total. The van der Waals surface area contributed by atoms with E-state index in [0.29, 0.717) is 0 Å². The molecule has 3 heteroatoms. The first-order valence-electron chi connectivity index (χ1n) is 5.44. The third kappa shape index (κ3) is 2.69. The van der Waals surface area contributed by atoms with Crippen molar-refractivity contribution in [1.82, 2.24) is 0 Å². The number of hydrogen-bond acceptors (Lipinski definition) is 2. The van der Waals surface area contributed by atoms with Crippen molar-refractivity contribution in [2.24, 2.45) is 0 Å². The summed E-state index contributed by atoms with van der Waals surface area (Å²) in [6, 6.07) is 14.9. The van der Waals surface area contributed by atoms with Gasteiger partial charge in [-0.3, -0.25) is 10.1 Å². The Kier molecular flexibility index (Phi) is 3.19. The normalized spacial score (nSPS) is 10.2. The summed E-state index contributed by atoms with van der Waals surface area (Å²) in [4.78, 5) is 10.3. The van der Waals surface area contributed by atoms with Crippen molar-refractivity contribution >= 4 is 5.69 Å². The Morgan fingerprint density at radius 1 is 1.12 bits per heavy atom. The Labute approximate surface area is 99.9 Å². The molecule has 2 aromatic carbocycles. The van der Waals surface area contributed by atoms with Crippen molar-refractivity contribution in [3.05, 3.63) is 75.3 Å². The molecular weight excluding hydrogens is 214 g/mol. The molecule has 0 amide bonds. The van der Waals surface area contributed by atoms with E-state index in [4.69, 9.17) is 0 Å². The molecule has 0 aliphatic heterocycles. The molecule has 0 saturated heterocycles. The third-order valence-electron chi connectivity index (χ3n) is 2.78. The van der Waals surface area contributed by atoms with Crippen LogP contribution in [0.2, 0.25) is 0 Å². The zero-order chi connectivity index (χ0) is 12.3. The smallest absolute Gasteiger partial charge is 0.258 e. The molecule has 0 radical (unpaired) electrons. The molecule has 0 fully saturated rings. The molecule has 86 valence electrons. The van der Waals surface area contributed by atoms with Gasteiger partial charge in [0.15, 0.2) is 0 Å². The van der Waals surface area contributed by atoms with E-state index < -0.39 is 0 Å². The van der Waals surface area contributed by atoms with Crippen LogP contribution in [0, 0.1) is 17.0 Å². The minimum atomic E-state index is -0.360. The van der Waals surface area contributed by atoms with Crippen LogP contribution in [0.15, 0.2) is 48.5 Å². The zero-order valence-corrected chi connectivity index (χ0v) is 9.59. The molecule has 0 spiro atoms. The lowest BCUT2D eigenvalue weighted by Gasteiger charge is -2.05. The van der Waals surface area contributed by atoms with Crippen molar-refractivity contribution in [3.63, 3.8) is 0 Å². The Morgan fingerprint density at radius 3 is 2.59 bits per heavy atom. The van der Waals surface area contributed by atoms with Gasteiger partial charge in [0, 0.05) is 12.1 Å². The molecule has 17 heavy (non-hydrogen) atoms. The fourth-order valence-electron chi connectivity index (χ4n) is 1.81. The molecule has 0 saturated carbocycles. The molecular formula is C14H13NO2. The monoisotopic (exact) mass is 227 g/mol. The van der Waals surface area contributed by atoms with E-state index in [9.17, 15) is 10.1 Å². The fourth-order valence-corrected chi connectivity index (χ4v) is 1.81. The minimum absolute atomic E-state index is 0.149. The molecule has 0 N–H and O–H groups in total. The highest BCUT2D eigenvalue weighted by atomic mass is 16.6. The maximum Gasteiger partial charge on any atom is 0.269 e. The van der Waals surface area contributed by atoms with Crippen LogP contribution in [-0.2, 0) is 6.42 Å². The number of nitro groups is 1. The van der Waals surface area contributed by atoms with Crippen molar-refractivity contribution in [2.75, 3.05) is 0 Å². The molecule has 0 aliphatic rings. The summed E-state index contributed by atoms with van der Waals surface area (Å²) in [6.07, 6.45) is 0.731. The first-order chi connectivity index (χ1) is 8.16. The second kappa shape index (κ2) is 4.78. The van der Waals surface area contributed by atoms with E-state index in [2.05, 4.69) is 0 Å². The van der Waals surface area contributed by atoms with Crippen LogP contribution in [-0.4, -0.2) is 4.92 Å². The predicted molar refractivity (Wildman–Crippen MR) is 67.1 cm³/mol. The van der Waals surface area contributed by atoms with Crippen LogP contribution < -0.4 is 0 Å². The fraction of sp³-hybridized carbons (Fsp3) is 0.143. The lowest BCUT2D eigenvalue weighted by molar-refractivity contribution is -0.384. The van der Waals surface area contributed by atoms with Gasteiger partial charge in [0.2, 0.25) is 0 Å². The van der Waals surface area contributed by atoms with Crippen LogP contribution in [0.25, 0.3) is 0 Å². The quantitative estimate of drug-likeness (QED) is 0.595. The molecule has 2 rings (SSSR count). The number of nitrogens with zero attached hydrogens (tertiary/aromatic N) is 1. The summed E-state index contributed by atoms with van der Waals surface area (Å²) in [5, 5.41) is 10.7. The SMILES string of the molecule is Cc1ccccc1Cc1cccc([N+](=O)[O-])c1. The largest absolute Gasteiger partial charge is 0.269 e. The van der Waals surface area contributed by atoms with Crippen LogP contribution in [0.3, 0.4) is 0 Å². The maximum atomic E-state index is 10.7. The summed E-state index contributed by atoms with van der Waals surface area (Å²) in [7, 11) is 0. The number of nitro benzene ring substituents is 1. The van der Waals surface area contributed by atoms with Gasteiger partial charge in [-0.2, -0.15) is 0 Å². The average Bonchev–Trinajstić information content (AvgIpc) is 2.32. The molecule has 2 aromatic rings. The van der Waals surface area contributed by atoms with Crippen LogP contribution in [0.1, 0.15) is 16.7 Å². The topological polar surface area (TPSA) is 43.1 Å². The van der Waals surface area contributed by atoms with Gasteiger partial charge >= 0.3 is 0 Å². The van der Waals surface area contributed by atoms with E-state index in [1.54, 1.807) is 12.1 Å². The van der Waals surface area contributed by atoms with E-state index in [0.717, 1.165) is 12.0 Å². The van der Waals surface area contributed by atoms with Gasteiger partial charge < -0.3 is 0 Å².